The van der Waals surface area contributed by atoms with E-state index in [0.717, 1.165) is 0 Å². The van der Waals surface area contributed by atoms with Gasteiger partial charge in [-0.25, -0.2) is 5.01 Å². The highest BCUT2D eigenvalue weighted by molar-refractivity contribution is 9.19. The van der Waals surface area contributed by atoms with Crippen LogP contribution >= 0.6 is 15.9 Å². The van der Waals surface area contributed by atoms with Gasteiger partial charge in [-0.1, -0.05) is 0 Å². The molecule has 0 aromatic heterocycles. The topological polar surface area (TPSA) is 49.7 Å². The molecule has 12 heavy (non-hydrogen) atoms. The van der Waals surface area contributed by atoms with E-state index in [1.54, 1.807) is 0 Å². The molecule has 4 nitrogen and oxygen atoms in total. The van der Waals surface area contributed by atoms with E-state index >= 15 is 0 Å². The Hall–Kier alpha value is -0.710. The van der Waals surface area contributed by atoms with Crippen LogP contribution in [0.4, 0.5) is 0 Å². The van der Waals surface area contributed by atoms with Gasteiger partial charge in [0.25, 0.3) is 5.91 Å². The van der Waals surface area contributed by atoms with E-state index in [9.17, 15) is 9.59 Å². The van der Waals surface area contributed by atoms with Crippen molar-refractivity contribution in [3.63, 3.8) is 0 Å². The van der Waals surface area contributed by atoms with Crippen LogP contribution in [0, 0.1) is 0 Å². The number of Topliss-reactive ketones (excluding diaryl/α,β-unsaturated/α-hetero) is 1. The number of carbonyl (C=O) groups is 2. The predicted molar refractivity (Wildman–Crippen MR) is 48.0 cm³/mol. The Morgan fingerprint density at radius 2 is 2.08 bits per heavy atom. The fourth-order valence-electron chi connectivity index (χ4n) is 0.901. The third kappa shape index (κ3) is 1.72. The van der Waals surface area contributed by atoms with Gasteiger partial charge in [-0.3, -0.25) is 9.59 Å². The molecule has 0 aromatic carbocycles. The van der Waals surface area contributed by atoms with Gasteiger partial charge in [0.2, 0.25) is 0 Å². The standard InChI is InChI=1S/C7H9BrN2O2/c1-4(2)10-6(12)3-5(11)7(8)9-10/h4H,3H2,1-2H3. The number of nitrogens with zero attached hydrogens (tertiary/aromatic N) is 2. The van der Waals surface area contributed by atoms with Crippen molar-refractivity contribution in [2.24, 2.45) is 5.10 Å². The number of ketones is 1. The molecule has 0 atom stereocenters. The zero-order chi connectivity index (χ0) is 9.30. The molecule has 0 saturated carbocycles. The minimum Gasteiger partial charge on any atom is -0.291 e. The number of hydrazone groups is 1. The van der Waals surface area contributed by atoms with Gasteiger partial charge in [0.05, 0.1) is 6.42 Å². The minimum atomic E-state index is -0.253. The van der Waals surface area contributed by atoms with Crippen molar-refractivity contribution in [1.29, 1.82) is 0 Å². The maximum Gasteiger partial charge on any atom is 0.250 e. The Morgan fingerprint density at radius 1 is 1.50 bits per heavy atom. The van der Waals surface area contributed by atoms with Crippen molar-refractivity contribution < 1.29 is 9.59 Å². The predicted octanol–water partition coefficient (Wildman–Crippen LogP) is 0.905. The second-order valence-electron chi connectivity index (χ2n) is 2.82. The largest absolute Gasteiger partial charge is 0.291 e. The van der Waals surface area contributed by atoms with E-state index in [2.05, 4.69) is 21.0 Å². The first kappa shape index (κ1) is 9.38. The molecule has 0 saturated heterocycles. The molecule has 0 aromatic rings. The van der Waals surface area contributed by atoms with E-state index in [1.165, 1.54) is 5.01 Å². The molecule has 0 fully saturated rings. The normalized spacial score (nSPS) is 18.7. The van der Waals surface area contributed by atoms with Crippen molar-refractivity contribution in [2.75, 3.05) is 0 Å². The summed E-state index contributed by atoms with van der Waals surface area (Å²) in [5.74, 6) is -0.491. The van der Waals surface area contributed by atoms with Crippen molar-refractivity contribution in [1.82, 2.24) is 5.01 Å². The number of rotatable bonds is 1. The summed E-state index contributed by atoms with van der Waals surface area (Å²) in [5.41, 5.74) is 0. The second-order valence-corrected chi connectivity index (χ2v) is 3.57. The highest BCUT2D eigenvalue weighted by Crippen LogP contribution is 2.12. The lowest BCUT2D eigenvalue weighted by Crippen LogP contribution is -2.39. The third-order valence-corrected chi connectivity index (χ3v) is 2.08. The first-order valence-corrected chi connectivity index (χ1v) is 4.41. The van der Waals surface area contributed by atoms with E-state index in [-0.39, 0.29) is 28.8 Å². The highest BCUT2D eigenvalue weighted by Gasteiger charge is 2.27. The summed E-state index contributed by atoms with van der Waals surface area (Å²) >= 11 is 3.00. The molecule has 0 radical (unpaired) electrons. The Kier molecular flexibility index (Phi) is 2.62. The van der Waals surface area contributed by atoms with Crippen LogP contribution in [0.15, 0.2) is 5.10 Å². The Bertz CT molecular complexity index is 260. The average Bonchev–Trinajstić information content (AvgIpc) is 1.96. The van der Waals surface area contributed by atoms with Crippen LogP contribution < -0.4 is 0 Å². The number of amides is 1. The van der Waals surface area contributed by atoms with Crippen LogP contribution in [0.5, 0.6) is 0 Å². The summed E-state index contributed by atoms with van der Waals surface area (Å²) in [4.78, 5) is 22.1. The lowest BCUT2D eigenvalue weighted by Gasteiger charge is -2.24. The molecular formula is C7H9BrN2O2. The first-order valence-electron chi connectivity index (χ1n) is 3.61. The molecule has 0 N–H and O–H groups in total. The monoisotopic (exact) mass is 232 g/mol. The summed E-state index contributed by atoms with van der Waals surface area (Å²) in [6, 6.07) is -0.00171. The van der Waals surface area contributed by atoms with Crippen LogP contribution in [0.3, 0.4) is 0 Å². The molecule has 0 unspecified atom stereocenters. The lowest BCUT2D eigenvalue weighted by atomic mass is 10.2. The summed E-state index contributed by atoms with van der Waals surface area (Å²) in [6.07, 6.45) is -0.0811. The van der Waals surface area contributed by atoms with Gasteiger partial charge in [-0.05, 0) is 29.8 Å². The fraction of sp³-hybridized carbons (Fsp3) is 0.571. The molecule has 1 heterocycles. The van der Waals surface area contributed by atoms with Gasteiger partial charge in [-0.15, -0.1) is 0 Å². The first-order chi connectivity index (χ1) is 5.52. The molecule has 1 rings (SSSR count). The van der Waals surface area contributed by atoms with Crippen LogP contribution in [-0.4, -0.2) is 27.4 Å². The number of hydrogen-bond donors (Lipinski definition) is 0. The van der Waals surface area contributed by atoms with E-state index in [4.69, 9.17) is 0 Å². The summed E-state index contributed by atoms with van der Waals surface area (Å²) in [5, 5.41) is 5.12. The van der Waals surface area contributed by atoms with Crippen LogP contribution in [0.25, 0.3) is 0 Å². The zero-order valence-corrected chi connectivity index (χ0v) is 8.46. The van der Waals surface area contributed by atoms with Crippen molar-refractivity contribution >= 4 is 32.2 Å². The molecule has 0 bridgehead atoms. The maximum absolute atomic E-state index is 11.2. The van der Waals surface area contributed by atoms with E-state index in [1.807, 2.05) is 13.8 Å². The quantitative estimate of drug-likeness (QED) is 0.632. The molecule has 0 aliphatic carbocycles. The molecule has 1 aliphatic heterocycles. The van der Waals surface area contributed by atoms with Gasteiger partial charge in [0, 0.05) is 6.04 Å². The fourth-order valence-corrected chi connectivity index (χ4v) is 1.21. The molecule has 66 valence electrons. The smallest absolute Gasteiger partial charge is 0.250 e. The van der Waals surface area contributed by atoms with Gasteiger partial charge >= 0.3 is 0 Å². The van der Waals surface area contributed by atoms with Gasteiger partial charge in [-0.2, -0.15) is 5.10 Å². The highest BCUT2D eigenvalue weighted by atomic mass is 79.9. The van der Waals surface area contributed by atoms with Gasteiger partial charge in [0.1, 0.15) is 0 Å². The Balaban J connectivity index is 2.90. The number of halogens is 1. The average molecular weight is 233 g/mol. The molecule has 1 amide bonds. The molecule has 0 spiro atoms. The molecule has 5 heteroatoms. The lowest BCUT2D eigenvalue weighted by molar-refractivity contribution is -0.136. The van der Waals surface area contributed by atoms with E-state index in [0.29, 0.717) is 0 Å². The summed E-state index contributed by atoms with van der Waals surface area (Å²) in [7, 11) is 0. The summed E-state index contributed by atoms with van der Waals surface area (Å²) < 4.78 is 0.232. The van der Waals surface area contributed by atoms with Crippen LogP contribution in [-0.2, 0) is 9.59 Å². The van der Waals surface area contributed by atoms with Gasteiger partial charge < -0.3 is 0 Å². The van der Waals surface area contributed by atoms with Gasteiger partial charge in [0.15, 0.2) is 10.4 Å². The van der Waals surface area contributed by atoms with Crippen molar-refractivity contribution in [3.8, 4) is 0 Å². The maximum atomic E-state index is 11.2. The Labute approximate surface area is 78.7 Å². The number of carbonyl (C=O) groups excluding carboxylic acids is 2. The third-order valence-electron chi connectivity index (χ3n) is 1.48. The van der Waals surface area contributed by atoms with E-state index < -0.39 is 0 Å². The number of hydrogen-bond acceptors (Lipinski definition) is 3. The summed E-state index contributed by atoms with van der Waals surface area (Å²) in [6.45, 7) is 3.69. The zero-order valence-electron chi connectivity index (χ0n) is 6.87. The van der Waals surface area contributed by atoms with Crippen molar-refractivity contribution in [3.05, 3.63) is 0 Å². The van der Waals surface area contributed by atoms with Crippen LogP contribution in [0.2, 0.25) is 0 Å². The Morgan fingerprint density at radius 3 is 2.58 bits per heavy atom. The van der Waals surface area contributed by atoms with Crippen LogP contribution in [0.1, 0.15) is 20.3 Å². The molecule has 1 aliphatic rings. The minimum absolute atomic E-state index is 0.00171. The van der Waals surface area contributed by atoms with Crippen molar-refractivity contribution in [2.45, 2.75) is 26.3 Å². The molecular weight excluding hydrogens is 224 g/mol. The second kappa shape index (κ2) is 3.35. The SMILES string of the molecule is CC(C)N1N=C(Br)C(=O)CC1=O.